The molecule has 6 aromatic carbocycles. The van der Waals surface area contributed by atoms with Gasteiger partial charge in [-0.05, 0) is 36.4 Å². The molecule has 0 amide bonds. The summed E-state index contributed by atoms with van der Waals surface area (Å²) in [6.45, 7) is 0. The minimum absolute atomic E-state index is 0.326. The zero-order valence-corrected chi connectivity index (χ0v) is 40.0. The lowest BCUT2D eigenvalue weighted by Crippen LogP contribution is -2.27. The number of hydrogen-bond acceptors (Lipinski definition) is 18. The van der Waals surface area contributed by atoms with E-state index in [-0.39, 0.29) is 32.8 Å². The molecule has 30 heteroatoms. The van der Waals surface area contributed by atoms with E-state index in [4.69, 9.17) is 15.8 Å². The van der Waals surface area contributed by atoms with Crippen molar-refractivity contribution in [3.05, 3.63) is 206 Å². The molecule has 0 bridgehead atoms. The quantitative estimate of drug-likeness (QED) is 0.102. The molecular formula is C54H6F12N18. The highest BCUT2D eigenvalue weighted by molar-refractivity contribution is 5.83. The van der Waals surface area contributed by atoms with Crippen molar-refractivity contribution in [1.29, 1.82) is 47.4 Å². The Bertz CT molecular complexity index is 4730. The average molecular weight is 1130 g/mol. The summed E-state index contributed by atoms with van der Waals surface area (Å²) in [7, 11) is 0. The molecule has 0 saturated heterocycles. The molecule has 3 aliphatic rings. The first-order chi connectivity index (χ1) is 40.3. The van der Waals surface area contributed by atoms with E-state index in [0.29, 0.717) is 0 Å². The second kappa shape index (κ2) is 20.3. The van der Waals surface area contributed by atoms with Gasteiger partial charge in [0, 0.05) is 16.7 Å². The van der Waals surface area contributed by atoms with Crippen LogP contribution in [0.2, 0.25) is 0 Å². The first kappa shape index (κ1) is 54.3. The number of nitriles is 9. The number of allylic oxidation sites excluding steroid dienone is 3. The van der Waals surface area contributed by atoms with Crippen LogP contribution in [0.1, 0.15) is 50.1 Å². The summed E-state index contributed by atoms with van der Waals surface area (Å²) >= 11 is 0. The molecule has 0 saturated carbocycles. The van der Waals surface area contributed by atoms with Crippen molar-refractivity contribution in [2.75, 3.05) is 0 Å². The van der Waals surface area contributed by atoms with Gasteiger partial charge in [-0.15, -0.1) is 0 Å². The maximum absolute atomic E-state index is 15.3. The molecule has 10 rings (SSSR count). The highest BCUT2D eigenvalue weighted by Gasteiger charge is 2.34. The van der Waals surface area contributed by atoms with Crippen LogP contribution in [0.4, 0.5) is 52.7 Å². The fourth-order valence-corrected chi connectivity index (χ4v) is 8.56. The maximum Gasteiger partial charge on any atom is 0.180 e. The van der Waals surface area contributed by atoms with Gasteiger partial charge in [0.25, 0.3) is 0 Å². The van der Waals surface area contributed by atoms with Crippen LogP contribution in [-0.4, -0.2) is 15.0 Å². The molecule has 0 spiro atoms. The Labute approximate surface area is 455 Å². The van der Waals surface area contributed by atoms with Gasteiger partial charge in [0.15, 0.2) is 105 Å². The van der Waals surface area contributed by atoms with Crippen LogP contribution in [0.5, 0.6) is 0 Å². The van der Waals surface area contributed by atoms with Crippen LogP contribution >= 0.6 is 0 Å². The van der Waals surface area contributed by atoms with Gasteiger partial charge in [-0.25, -0.2) is 97.6 Å². The standard InChI is InChI=1S/C54H6F12N18/c55-34-25(13-73)35(56)41(62)31(40(34)61)22(10-70)52-76-28-4-1-16(19(7-67)46(28)79-52)49-82-50(17-2-5-29-47(20(17)8-68)80-53(77-29)23(11-71)32-42(63)36(57)26(14-74)37(58)43(32)64)84-51(83-49)18-3-6-30-48(21(18)9-69)81-54(78-30)24(12-72)33-44(65)38(59)27(15-75)39(60)45(33)66/h1-6H/b52-22+,53-23+,54-24+. The zero-order chi connectivity index (χ0) is 60.5. The van der Waals surface area contributed by atoms with Gasteiger partial charge >= 0.3 is 0 Å². The Balaban J connectivity index is 1.23. The van der Waals surface area contributed by atoms with Crippen molar-refractivity contribution in [2.45, 2.75) is 0 Å². The third kappa shape index (κ3) is 7.95. The van der Waals surface area contributed by atoms with Crippen LogP contribution in [0.25, 0.3) is 50.9 Å². The number of benzene rings is 6. The van der Waals surface area contributed by atoms with Gasteiger partial charge in [0.2, 0.25) is 0 Å². The van der Waals surface area contributed by atoms with Crippen molar-refractivity contribution in [3.8, 4) is 88.8 Å². The van der Waals surface area contributed by atoms with E-state index in [1.807, 2.05) is 0 Å². The Kier molecular flexibility index (Phi) is 13.1. The van der Waals surface area contributed by atoms with Crippen LogP contribution < -0.4 is 32.1 Å². The molecule has 0 atom stereocenters. The molecule has 4 heterocycles. The first-order valence-electron chi connectivity index (χ1n) is 22.3. The van der Waals surface area contributed by atoms with Gasteiger partial charge in [0.1, 0.15) is 104 Å². The lowest BCUT2D eigenvalue weighted by atomic mass is 10.0. The monoisotopic (exact) mass is 1130 g/mol. The summed E-state index contributed by atoms with van der Waals surface area (Å²) in [4.78, 5) is 37.5. The number of fused-ring (bicyclic) bond motifs is 3. The normalized spacial score (nSPS) is 13.9. The summed E-state index contributed by atoms with van der Waals surface area (Å²) in [5.74, 6) is -30.8. The van der Waals surface area contributed by atoms with Crippen molar-refractivity contribution in [3.63, 3.8) is 0 Å². The number of nitrogens with zero attached hydrogens (tertiary/aromatic N) is 18. The molecule has 0 radical (unpaired) electrons. The molecule has 84 heavy (non-hydrogen) atoms. The summed E-state index contributed by atoms with van der Waals surface area (Å²) in [6.07, 6.45) is 0. The molecule has 7 aromatic rings. The molecule has 0 fully saturated rings. The third-order valence-electron chi connectivity index (χ3n) is 12.4. The van der Waals surface area contributed by atoms with Gasteiger partial charge < -0.3 is 0 Å². The van der Waals surface area contributed by atoms with Crippen LogP contribution in [0.3, 0.4) is 0 Å². The summed E-state index contributed by atoms with van der Waals surface area (Å²) in [5.41, 5.74) is -16.5. The minimum atomic E-state index is -2.19. The second-order valence-electron chi connectivity index (χ2n) is 16.7. The zero-order valence-electron chi connectivity index (χ0n) is 40.0. The van der Waals surface area contributed by atoms with E-state index >= 15 is 26.3 Å². The van der Waals surface area contributed by atoms with E-state index in [9.17, 15) is 57.9 Å². The lowest BCUT2D eigenvalue weighted by Gasteiger charge is -2.10. The molecule has 0 unspecified atom stereocenters. The smallest absolute Gasteiger partial charge is 0.180 e. The molecule has 0 N–H and O–H groups in total. The number of halogens is 12. The van der Waals surface area contributed by atoms with Gasteiger partial charge in [0.05, 0.1) is 49.5 Å². The van der Waals surface area contributed by atoms with E-state index < -0.39 is 188 Å². The molecule has 3 aliphatic heterocycles. The number of hydrogen-bond donors (Lipinski definition) is 0. The Morgan fingerprint density at radius 1 is 0.274 bits per heavy atom. The molecule has 18 nitrogen and oxygen atoms in total. The third-order valence-corrected chi connectivity index (χ3v) is 12.4. The Morgan fingerprint density at radius 2 is 0.488 bits per heavy atom. The van der Waals surface area contributed by atoms with Crippen molar-refractivity contribution in [2.24, 2.45) is 30.0 Å². The first-order valence-corrected chi connectivity index (χ1v) is 22.3. The summed E-state index contributed by atoms with van der Waals surface area (Å²) < 4.78 is 181. The SMILES string of the molecule is N#C/C(=C1/N=c2ccc(-c3nc(-c4ccc5c(c4C#N)=N/C(=C(\C#N)c4c(F)c(F)c(C#N)c(F)c4F)N=5)nc(-c4ccc5c(c4C#N)=N/C(=C(\C#N)c4c(F)c(F)c(C#N)c(F)c4F)N=5)n3)c(C#N)c2=N1)c1c(F)c(F)c(C#N)c(F)c1F. The number of rotatable bonds is 6. The summed E-state index contributed by atoms with van der Waals surface area (Å²) in [6, 6.07) is 18.8. The minimum Gasteiger partial charge on any atom is -0.226 e. The van der Waals surface area contributed by atoms with E-state index in [2.05, 4.69) is 44.9 Å². The van der Waals surface area contributed by atoms with Crippen LogP contribution in [-0.2, 0) is 0 Å². The highest BCUT2D eigenvalue weighted by Crippen LogP contribution is 2.36. The average Bonchev–Trinajstić information content (AvgIpc) is 4.29. The van der Waals surface area contributed by atoms with E-state index in [0.717, 1.165) is 54.6 Å². The van der Waals surface area contributed by atoms with Crippen molar-refractivity contribution < 1.29 is 52.7 Å². The van der Waals surface area contributed by atoms with Crippen LogP contribution in [0, 0.1) is 172 Å². The van der Waals surface area contributed by atoms with Crippen molar-refractivity contribution in [1.82, 2.24) is 15.0 Å². The predicted octanol–water partition coefficient (Wildman–Crippen LogP) is 6.21. The lowest BCUT2D eigenvalue weighted by molar-refractivity contribution is 0.446. The second-order valence-corrected chi connectivity index (χ2v) is 16.7. The van der Waals surface area contributed by atoms with Gasteiger partial charge in [-0.2, -0.15) is 47.4 Å². The Hall–Kier alpha value is -13.1. The van der Waals surface area contributed by atoms with Gasteiger partial charge in [-0.3, -0.25) is 0 Å². The molecule has 0 aliphatic carbocycles. The molecule has 396 valence electrons. The largest absolute Gasteiger partial charge is 0.226 e. The summed E-state index contributed by atoms with van der Waals surface area (Å²) in [5, 5.41) is 86.9. The number of aromatic nitrogens is 3. The van der Waals surface area contributed by atoms with E-state index in [1.54, 1.807) is 18.2 Å². The topological polar surface area (TPSA) is 327 Å². The fraction of sp³-hybridized carbons (Fsp3) is 0. The Morgan fingerprint density at radius 3 is 0.679 bits per heavy atom. The maximum atomic E-state index is 15.3. The molecule has 1 aromatic heterocycles. The highest BCUT2D eigenvalue weighted by atomic mass is 19.2. The predicted molar refractivity (Wildman–Crippen MR) is 248 cm³/mol. The molecular weight excluding hydrogens is 1130 g/mol. The van der Waals surface area contributed by atoms with Crippen molar-refractivity contribution >= 4 is 16.7 Å². The van der Waals surface area contributed by atoms with Gasteiger partial charge in [-0.1, -0.05) is 0 Å². The fourth-order valence-electron chi connectivity index (χ4n) is 8.56. The van der Waals surface area contributed by atoms with E-state index in [1.165, 1.54) is 18.2 Å². The van der Waals surface area contributed by atoms with Crippen LogP contribution in [0.15, 0.2) is 83.8 Å².